The molecule has 0 spiro atoms. The number of nitrogens with one attached hydrogen (secondary N) is 1. The van der Waals surface area contributed by atoms with E-state index in [1.54, 1.807) is 0 Å². The summed E-state index contributed by atoms with van der Waals surface area (Å²) in [5.41, 5.74) is 0. The van der Waals surface area contributed by atoms with Crippen molar-refractivity contribution in [3.8, 4) is 0 Å². The lowest BCUT2D eigenvalue weighted by Crippen LogP contribution is -2.40. The van der Waals surface area contributed by atoms with Crippen molar-refractivity contribution in [1.29, 1.82) is 0 Å². The first-order valence-electron chi connectivity index (χ1n) is 3.29. The van der Waals surface area contributed by atoms with Crippen LogP contribution >= 0.6 is 15.9 Å². The van der Waals surface area contributed by atoms with Crippen molar-refractivity contribution in [2.45, 2.75) is 10.9 Å². The number of alkyl halides is 4. The summed E-state index contributed by atoms with van der Waals surface area (Å²) in [5.74, 6) is 0. The van der Waals surface area contributed by atoms with Gasteiger partial charge in [-0.3, -0.25) is 0 Å². The van der Waals surface area contributed by atoms with Crippen LogP contribution in [0.4, 0.5) is 13.2 Å². The van der Waals surface area contributed by atoms with E-state index in [2.05, 4.69) is 31.0 Å². The van der Waals surface area contributed by atoms with Crippen LogP contribution in [0.5, 0.6) is 0 Å². The second kappa shape index (κ2) is 3.67. The van der Waals surface area contributed by atoms with Gasteiger partial charge in [0.25, 0.3) is 4.76 Å². The maximum Gasteiger partial charge on any atom is 0.412 e. The van der Waals surface area contributed by atoms with E-state index in [9.17, 15) is 13.2 Å². The number of nitrogens with zero attached hydrogens (tertiary/aromatic N) is 1. The van der Waals surface area contributed by atoms with Gasteiger partial charge in [-0.25, -0.2) is 4.99 Å². The molecule has 74 valence electrons. The average Bonchev–Trinajstić information content (AvgIpc) is 2.02. The molecule has 3 nitrogen and oxygen atoms in total. The molecule has 0 radical (unpaired) electrons. The fourth-order valence-electron chi connectivity index (χ4n) is 0.627. The summed E-state index contributed by atoms with van der Waals surface area (Å²) in [6, 6.07) is 0. The number of ether oxygens (including phenoxy) is 1. The standard InChI is InChI=1S/C6H6BrF3N2O/c7-6(11-2-1-3-12-6)13-4-5(8,9)10/h1-3,11H,4H2. The Morgan fingerprint density at radius 1 is 1.54 bits per heavy atom. The molecule has 0 aromatic carbocycles. The van der Waals surface area contributed by atoms with Crippen molar-refractivity contribution in [2.75, 3.05) is 6.61 Å². The summed E-state index contributed by atoms with van der Waals surface area (Å²) in [6.07, 6.45) is -0.0602. The van der Waals surface area contributed by atoms with Crippen LogP contribution in [0.3, 0.4) is 0 Å². The van der Waals surface area contributed by atoms with Gasteiger partial charge in [0, 0.05) is 28.3 Å². The van der Waals surface area contributed by atoms with E-state index >= 15 is 0 Å². The number of halogens is 4. The Labute approximate surface area is 80.8 Å². The molecule has 0 bridgehead atoms. The minimum absolute atomic E-state index is 1.33. The first-order chi connectivity index (χ1) is 5.91. The zero-order valence-electron chi connectivity index (χ0n) is 6.31. The highest BCUT2D eigenvalue weighted by Gasteiger charge is 2.34. The zero-order valence-corrected chi connectivity index (χ0v) is 7.89. The van der Waals surface area contributed by atoms with Crippen molar-refractivity contribution >= 4 is 22.1 Å². The van der Waals surface area contributed by atoms with Gasteiger partial charge in [0.2, 0.25) is 0 Å². The van der Waals surface area contributed by atoms with Crippen LogP contribution in [-0.4, -0.2) is 23.8 Å². The molecular formula is C6H6BrF3N2O. The van der Waals surface area contributed by atoms with Crippen LogP contribution in [-0.2, 0) is 4.74 Å². The molecule has 7 heteroatoms. The molecule has 1 atom stereocenters. The topological polar surface area (TPSA) is 33.6 Å². The predicted octanol–water partition coefficient (Wildman–Crippen LogP) is 1.76. The third-order valence-electron chi connectivity index (χ3n) is 1.11. The first-order valence-corrected chi connectivity index (χ1v) is 4.08. The largest absolute Gasteiger partial charge is 0.412 e. The number of allylic oxidation sites excluding steroid dienone is 1. The van der Waals surface area contributed by atoms with Gasteiger partial charge in [0.15, 0.2) is 0 Å². The lowest BCUT2D eigenvalue weighted by molar-refractivity contribution is -0.190. The van der Waals surface area contributed by atoms with Crippen LogP contribution in [0, 0.1) is 0 Å². The van der Waals surface area contributed by atoms with E-state index in [-0.39, 0.29) is 0 Å². The van der Waals surface area contributed by atoms with Gasteiger partial charge in [-0.05, 0) is 6.08 Å². The number of hydrogen-bond donors (Lipinski definition) is 1. The molecule has 1 unspecified atom stereocenters. The van der Waals surface area contributed by atoms with Crippen molar-refractivity contribution in [3.05, 3.63) is 12.3 Å². The Bertz CT molecular complexity index is 241. The van der Waals surface area contributed by atoms with E-state index in [4.69, 9.17) is 0 Å². The zero-order chi connectivity index (χ0) is 9.95. The smallest absolute Gasteiger partial charge is 0.336 e. The molecule has 1 N–H and O–H groups in total. The van der Waals surface area contributed by atoms with E-state index in [1.807, 2.05) is 0 Å². The van der Waals surface area contributed by atoms with Crippen molar-refractivity contribution in [1.82, 2.24) is 5.32 Å². The molecule has 1 heterocycles. The van der Waals surface area contributed by atoms with Crippen LogP contribution in [0.15, 0.2) is 17.3 Å². The molecule has 0 amide bonds. The van der Waals surface area contributed by atoms with Crippen molar-refractivity contribution in [2.24, 2.45) is 4.99 Å². The third kappa shape index (κ3) is 3.77. The number of aliphatic imine (C=N–C) groups is 1. The molecule has 0 aliphatic carbocycles. The molecule has 1 aliphatic heterocycles. The summed E-state index contributed by atoms with van der Waals surface area (Å²) in [5, 5.41) is 2.48. The molecule has 0 fully saturated rings. The highest BCUT2D eigenvalue weighted by Crippen LogP contribution is 2.24. The predicted molar refractivity (Wildman–Crippen MR) is 44.4 cm³/mol. The second-order valence-corrected chi connectivity index (χ2v) is 3.32. The van der Waals surface area contributed by atoms with Gasteiger partial charge in [0.1, 0.15) is 6.61 Å². The summed E-state index contributed by atoms with van der Waals surface area (Å²) < 4.78 is 38.2. The van der Waals surface area contributed by atoms with Gasteiger partial charge < -0.3 is 10.1 Å². The molecule has 0 aromatic rings. The van der Waals surface area contributed by atoms with Crippen LogP contribution < -0.4 is 5.32 Å². The maximum absolute atomic E-state index is 11.7. The van der Waals surface area contributed by atoms with Crippen molar-refractivity contribution in [3.63, 3.8) is 0 Å². The highest BCUT2D eigenvalue weighted by molar-refractivity contribution is 9.10. The van der Waals surface area contributed by atoms with Gasteiger partial charge in [-0.15, -0.1) is 0 Å². The summed E-state index contributed by atoms with van der Waals surface area (Å²) >= 11 is 2.87. The molecule has 1 rings (SSSR count). The van der Waals surface area contributed by atoms with Crippen LogP contribution in [0.1, 0.15) is 0 Å². The van der Waals surface area contributed by atoms with Gasteiger partial charge >= 0.3 is 6.18 Å². The first kappa shape index (κ1) is 10.5. The van der Waals surface area contributed by atoms with Gasteiger partial charge in [-0.1, -0.05) is 0 Å². The Kier molecular flexibility index (Phi) is 2.97. The third-order valence-corrected chi connectivity index (χ3v) is 1.77. The second-order valence-electron chi connectivity index (χ2n) is 2.25. The molecule has 13 heavy (non-hydrogen) atoms. The monoisotopic (exact) mass is 258 g/mol. The van der Waals surface area contributed by atoms with Crippen LogP contribution in [0.25, 0.3) is 0 Å². The molecular weight excluding hydrogens is 253 g/mol. The summed E-state index contributed by atoms with van der Waals surface area (Å²) in [7, 11) is 0. The van der Waals surface area contributed by atoms with Crippen LogP contribution in [0.2, 0.25) is 0 Å². The normalized spacial score (nSPS) is 27.4. The summed E-state index contributed by atoms with van der Waals surface area (Å²) in [6.45, 7) is -1.36. The Morgan fingerprint density at radius 3 is 2.69 bits per heavy atom. The highest BCUT2D eigenvalue weighted by atomic mass is 79.9. The molecule has 1 aliphatic rings. The van der Waals surface area contributed by atoms with E-state index in [0.29, 0.717) is 0 Å². The molecule has 0 aromatic heterocycles. The number of rotatable bonds is 2. The van der Waals surface area contributed by atoms with E-state index in [0.717, 1.165) is 0 Å². The molecule has 0 saturated heterocycles. The van der Waals surface area contributed by atoms with Gasteiger partial charge in [-0.2, -0.15) is 13.2 Å². The average molecular weight is 259 g/mol. The Balaban J connectivity index is 2.44. The molecule has 0 saturated carbocycles. The van der Waals surface area contributed by atoms with E-state index in [1.165, 1.54) is 18.5 Å². The minimum Gasteiger partial charge on any atom is -0.336 e. The SMILES string of the molecule is FC(F)(F)COC1(Br)N=CC=CN1. The quantitative estimate of drug-likeness (QED) is 0.605. The fraction of sp³-hybridized carbons (Fsp3) is 0.500. The van der Waals surface area contributed by atoms with E-state index < -0.39 is 17.5 Å². The van der Waals surface area contributed by atoms with Crippen molar-refractivity contribution < 1.29 is 17.9 Å². The fourth-order valence-corrected chi connectivity index (χ4v) is 0.991. The lowest BCUT2D eigenvalue weighted by Gasteiger charge is -2.25. The lowest BCUT2D eigenvalue weighted by atomic mass is 10.6. The minimum atomic E-state index is -4.36. The maximum atomic E-state index is 11.7. The Hall–Kier alpha value is -0.560. The Morgan fingerprint density at radius 2 is 2.23 bits per heavy atom. The summed E-state index contributed by atoms with van der Waals surface area (Å²) in [4.78, 5) is 3.64. The number of hydrogen-bond acceptors (Lipinski definition) is 3. The van der Waals surface area contributed by atoms with Gasteiger partial charge in [0.05, 0.1) is 0 Å².